The van der Waals surface area contributed by atoms with Gasteiger partial charge in [0.05, 0.1) is 32.2 Å². The lowest BCUT2D eigenvalue weighted by molar-refractivity contribution is -0.141. The third-order valence-corrected chi connectivity index (χ3v) is 5.18. The molecule has 1 saturated heterocycles. The minimum Gasteiger partial charge on any atom is -0.507 e. The van der Waals surface area contributed by atoms with Gasteiger partial charge in [-0.15, -0.1) is 0 Å². The lowest BCUT2D eigenvalue weighted by Crippen LogP contribution is -2.29. The van der Waals surface area contributed by atoms with E-state index in [9.17, 15) is 14.7 Å². The maximum absolute atomic E-state index is 12.6. The number of aromatic amines is 1. The number of carbonyl (C=O) groups is 1. The van der Waals surface area contributed by atoms with Crippen LogP contribution in [0.15, 0.2) is 35.1 Å². The van der Waals surface area contributed by atoms with Crippen LogP contribution in [0.5, 0.6) is 11.5 Å². The highest BCUT2D eigenvalue weighted by atomic mass is 16.5. The summed E-state index contributed by atoms with van der Waals surface area (Å²) in [4.78, 5) is 27.4. The molecular formula is C20H25N3O5. The number of hydrazine groups is 1. The Morgan fingerprint density at radius 3 is 2.61 bits per heavy atom. The number of aryl methyl sites for hydroxylation is 1. The molecule has 0 spiro atoms. The van der Waals surface area contributed by atoms with E-state index in [0.717, 1.165) is 11.3 Å². The van der Waals surface area contributed by atoms with Crippen molar-refractivity contribution in [3.05, 3.63) is 57.5 Å². The van der Waals surface area contributed by atoms with Gasteiger partial charge in [-0.2, -0.15) is 0 Å². The third-order valence-electron chi connectivity index (χ3n) is 5.18. The van der Waals surface area contributed by atoms with E-state index in [-0.39, 0.29) is 29.7 Å². The van der Waals surface area contributed by atoms with E-state index in [1.807, 2.05) is 24.3 Å². The summed E-state index contributed by atoms with van der Waals surface area (Å²) in [5.74, 6) is -0.515. The van der Waals surface area contributed by atoms with Gasteiger partial charge in [0.2, 0.25) is 0 Å². The average molecular weight is 387 g/mol. The Morgan fingerprint density at radius 1 is 1.29 bits per heavy atom. The van der Waals surface area contributed by atoms with Crippen LogP contribution in [0.4, 0.5) is 0 Å². The molecule has 0 radical (unpaired) electrons. The number of hydrogen-bond donors (Lipinski definition) is 4. The number of rotatable bonds is 6. The van der Waals surface area contributed by atoms with Crippen LogP contribution >= 0.6 is 0 Å². The Morgan fingerprint density at radius 2 is 2.00 bits per heavy atom. The summed E-state index contributed by atoms with van der Waals surface area (Å²) in [5.41, 5.74) is 7.67. The summed E-state index contributed by atoms with van der Waals surface area (Å²) < 4.78 is 10.1. The van der Waals surface area contributed by atoms with E-state index in [1.165, 1.54) is 13.2 Å². The van der Waals surface area contributed by atoms with Crippen molar-refractivity contribution >= 4 is 5.97 Å². The van der Waals surface area contributed by atoms with E-state index in [4.69, 9.17) is 9.47 Å². The predicted octanol–water partition coefficient (Wildman–Crippen LogP) is 1.51. The third kappa shape index (κ3) is 4.02. The van der Waals surface area contributed by atoms with Crippen LogP contribution in [0, 0.1) is 12.8 Å². The van der Waals surface area contributed by atoms with E-state index < -0.39 is 17.4 Å². The molecule has 0 saturated carbocycles. The van der Waals surface area contributed by atoms with Gasteiger partial charge in [0.1, 0.15) is 11.5 Å². The average Bonchev–Trinajstić information content (AvgIpc) is 3.16. The SMILES string of the molecule is COC(=O)CC(c1c(O)cc(C)[nH]c1=O)C1CNNC1c1ccc(OC)cc1. The Hall–Kier alpha value is -2.84. The Bertz CT molecular complexity index is 894. The Labute approximate surface area is 162 Å². The first-order chi connectivity index (χ1) is 13.4. The lowest BCUT2D eigenvalue weighted by atomic mass is 9.78. The minimum absolute atomic E-state index is 0.0170. The molecule has 28 heavy (non-hydrogen) atoms. The quantitative estimate of drug-likeness (QED) is 0.556. The number of benzene rings is 1. The van der Waals surface area contributed by atoms with Crippen molar-refractivity contribution in [2.24, 2.45) is 5.92 Å². The normalized spacial score (nSPS) is 20.0. The fourth-order valence-electron chi connectivity index (χ4n) is 3.80. The minimum atomic E-state index is -0.536. The van der Waals surface area contributed by atoms with Crippen LogP contribution in [-0.4, -0.2) is 36.8 Å². The molecule has 0 amide bonds. The maximum Gasteiger partial charge on any atom is 0.306 e. The van der Waals surface area contributed by atoms with Crippen molar-refractivity contribution in [2.45, 2.75) is 25.3 Å². The number of carbonyl (C=O) groups excluding carboxylic acids is 1. The highest BCUT2D eigenvalue weighted by Gasteiger charge is 2.39. The van der Waals surface area contributed by atoms with Gasteiger partial charge in [-0.3, -0.25) is 15.0 Å². The second kappa shape index (κ2) is 8.45. The first-order valence-electron chi connectivity index (χ1n) is 9.06. The largest absolute Gasteiger partial charge is 0.507 e. The summed E-state index contributed by atoms with van der Waals surface area (Å²) in [6, 6.07) is 8.92. The van der Waals surface area contributed by atoms with Gasteiger partial charge in [-0.25, -0.2) is 5.43 Å². The number of methoxy groups -OCH3 is 2. The fourth-order valence-corrected chi connectivity index (χ4v) is 3.80. The molecule has 1 aliphatic heterocycles. The highest BCUT2D eigenvalue weighted by Crippen LogP contribution is 2.40. The zero-order valence-corrected chi connectivity index (χ0v) is 16.1. The summed E-state index contributed by atoms with van der Waals surface area (Å²) in [7, 11) is 2.91. The van der Waals surface area contributed by atoms with Crippen molar-refractivity contribution in [3.8, 4) is 11.5 Å². The predicted molar refractivity (Wildman–Crippen MR) is 103 cm³/mol. The van der Waals surface area contributed by atoms with Gasteiger partial charge < -0.3 is 19.6 Å². The molecule has 3 rings (SSSR count). The molecule has 1 aromatic carbocycles. The van der Waals surface area contributed by atoms with Crippen LogP contribution in [0.1, 0.15) is 35.2 Å². The second-order valence-corrected chi connectivity index (χ2v) is 6.91. The van der Waals surface area contributed by atoms with Crippen LogP contribution in [0.3, 0.4) is 0 Å². The zero-order chi connectivity index (χ0) is 20.3. The van der Waals surface area contributed by atoms with Crippen molar-refractivity contribution in [1.29, 1.82) is 0 Å². The van der Waals surface area contributed by atoms with Crippen molar-refractivity contribution < 1.29 is 19.4 Å². The topological polar surface area (TPSA) is 113 Å². The first kappa shape index (κ1) is 19.9. The molecule has 0 aliphatic carbocycles. The lowest BCUT2D eigenvalue weighted by Gasteiger charge is -2.27. The monoisotopic (exact) mass is 387 g/mol. The number of H-pyrrole nitrogens is 1. The van der Waals surface area contributed by atoms with Crippen molar-refractivity contribution in [2.75, 3.05) is 20.8 Å². The molecule has 8 nitrogen and oxygen atoms in total. The van der Waals surface area contributed by atoms with Crippen molar-refractivity contribution in [3.63, 3.8) is 0 Å². The van der Waals surface area contributed by atoms with Crippen LogP contribution in [0.2, 0.25) is 0 Å². The van der Waals surface area contributed by atoms with Gasteiger partial charge in [0, 0.05) is 24.1 Å². The number of nitrogens with one attached hydrogen (secondary N) is 3. The molecular weight excluding hydrogens is 362 g/mol. The molecule has 3 unspecified atom stereocenters. The van der Waals surface area contributed by atoms with Gasteiger partial charge in [-0.05, 0) is 30.7 Å². The molecule has 1 fully saturated rings. The van der Waals surface area contributed by atoms with Gasteiger partial charge in [0.15, 0.2) is 0 Å². The van der Waals surface area contributed by atoms with E-state index in [2.05, 4.69) is 15.8 Å². The number of pyridine rings is 1. The van der Waals surface area contributed by atoms with Gasteiger partial charge >= 0.3 is 5.97 Å². The molecule has 150 valence electrons. The highest BCUT2D eigenvalue weighted by molar-refractivity contribution is 5.70. The smallest absolute Gasteiger partial charge is 0.306 e. The fraction of sp³-hybridized carbons (Fsp3) is 0.400. The molecule has 4 N–H and O–H groups in total. The van der Waals surface area contributed by atoms with Crippen LogP contribution in [0.25, 0.3) is 0 Å². The van der Waals surface area contributed by atoms with E-state index in [0.29, 0.717) is 12.2 Å². The van der Waals surface area contributed by atoms with Gasteiger partial charge in [-0.1, -0.05) is 12.1 Å². The number of aromatic nitrogens is 1. The molecule has 0 bridgehead atoms. The van der Waals surface area contributed by atoms with Crippen LogP contribution < -0.4 is 21.1 Å². The summed E-state index contributed by atoms with van der Waals surface area (Å²) in [6.07, 6.45) is -0.0170. The molecule has 2 aromatic rings. The first-order valence-corrected chi connectivity index (χ1v) is 9.06. The van der Waals surface area contributed by atoms with Crippen LogP contribution in [-0.2, 0) is 9.53 Å². The zero-order valence-electron chi connectivity index (χ0n) is 16.1. The summed E-state index contributed by atoms with van der Waals surface area (Å²) >= 11 is 0. The number of ether oxygens (including phenoxy) is 2. The van der Waals surface area contributed by atoms with E-state index in [1.54, 1.807) is 14.0 Å². The Balaban J connectivity index is 2.01. The van der Waals surface area contributed by atoms with Gasteiger partial charge in [0.25, 0.3) is 5.56 Å². The summed E-state index contributed by atoms with van der Waals surface area (Å²) in [5, 5.41) is 10.5. The number of esters is 1. The molecule has 1 aromatic heterocycles. The molecule has 8 heteroatoms. The number of aromatic hydroxyl groups is 1. The standard InChI is InChI=1S/C20H25N3O5/c1-11-8-16(24)18(20(26)22-11)14(9-17(25)28-3)15-10-21-23-19(15)12-4-6-13(27-2)7-5-12/h4-8,14-15,19,21,23H,9-10H2,1-3H3,(H2,22,24,26). The molecule has 1 aliphatic rings. The Kier molecular flexibility index (Phi) is 6.01. The maximum atomic E-state index is 12.6. The molecule has 2 heterocycles. The second-order valence-electron chi connectivity index (χ2n) is 6.91. The van der Waals surface area contributed by atoms with E-state index >= 15 is 0 Å². The number of hydrogen-bond acceptors (Lipinski definition) is 7. The summed E-state index contributed by atoms with van der Waals surface area (Å²) in [6.45, 7) is 2.21. The molecule has 3 atom stereocenters. The van der Waals surface area contributed by atoms with Crippen molar-refractivity contribution in [1.82, 2.24) is 15.8 Å².